The van der Waals surface area contributed by atoms with Crippen LogP contribution in [0.25, 0.3) is 0 Å². The van der Waals surface area contributed by atoms with Crippen molar-refractivity contribution in [3.63, 3.8) is 0 Å². The lowest BCUT2D eigenvalue weighted by Gasteiger charge is -2.13. The maximum atomic E-state index is 5.98. The highest BCUT2D eigenvalue weighted by molar-refractivity contribution is 14.0. The summed E-state index contributed by atoms with van der Waals surface area (Å²) in [4.78, 5) is 10.1. The van der Waals surface area contributed by atoms with Gasteiger partial charge in [0.1, 0.15) is 0 Å². The first-order valence-corrected chi connectivity index (χ1v) is 8.75. The molecule has 1 aromatic carbocycles. The van der Waals surface area contributed by atoms with Crippen molar-refractivity contribution in [1.82, 2.24) is 10.3 Å². The molecule has 0 amide bonds. The predicted octanol–water partition coefficient (Wildman–Crippen LogP) is 3.47. The molecule has 24 heavy (non-hydrogen) atoms. The van der Waals surface area contributed by atoms with Crippen molar-refractivity contribution in [3.05, 3.63) is 60.4 Å². The number of pyridine rings is 1. The van der Waals surface area contributed by atoms with Gasteiger partial charge in [0, 0.05) is 34.5 Å². The van der Waals surface area contributed by atoms with Crippen LogP contribution in [-0.4, -0.2) is 28.8 Å². The molecule has 1 heterocycles. The van der Waals surface area contributed by atoms with Crippen LogP contribution in [0.3, 0.4) is 0 Å². The van der Waals surface area contributed by atoms with E-state index >= 15 is 0 Å². The van der Waals surface area contributed by atoms with Gasteiger partial charge in [0.05, 0.1) is 6.54 Å². The van der Waals surface area contributed by atoms with E-state index in [9.17, 15) is 0 Å². The molecule has 0 spiro atoms. The van der Waals surface area contributed by atoms with Gasteiger partial charge in [-0.05, 0) is 37.1 Å². The van der Waals surface area contributed by atoms with Crippen LogP contribution in [0.15, 0.2) is 64.6 Å². The number of nitrogens with one attached hydrogen (secondary N) is 1. The lowest BCUT2D eigenvalue weighted by molar-refractivity contribution is 0.817. The van der Waals surface area contributed by atoms with Gasteiger partial charge in [-0.3, -0.25) is 9.98 Å². The molecule has 0 radical (unpaired) electrons. The van der Waals surface area contributed by atoms with Gasteiger partial charge < -0.3 is 11.1 Å². The number of guanidine groups is 1. The number of aliphatic imine (C=N–C) groups is 1. The van der Waals surface area contributed by atoms with Gasteiger partial charge in [-0.2, -0.15) is 0 Å². The normalized spacial score (nSPS) is 15.4. The molecule has 2 aromatic rings. The van der Waals surface area contributed by atoms with Crippen LogP contribution in [0.4, 0.5) is 0 Å². The Morgan fingerprint density at radius 1 is 1.17 bits per heavy atom. The molecule has 1 aromatic heterocycles. The third kappa shape index (κ3) is 5.98. The molecule has 3 rings (SSSR count). The fourth-order valence-electron chi connectivity index (χ4n) is 2.32. The number of hydrogen-bond donors (Lipinski definition) is 2. The third-order valence-corrected chi connectivity index (χ3v) is 5.31. The number of nitrogens with two attached hydrogens (primary N) is 1. The van der Waals surface area contributed by atoms with Crippen LogP contribution >= 0.6 is 35.7 Å². The zero-order chi connectivity index (χ0) is 16.0. The Kier molecular flexibility index (Phi) is 7.36. The van der Waals surface area contributed by atoms with E-state index in [4.69, 9.17) is 5.73 Å². The molecule has 4 nitrogen and oxygen atoms in total. The van der Waals surface area contributed by atoms with Gasteiger partial charge >= 0.3 is 0 Å². The summed E-state index contributed by atoms with van der Waals surface area (Å²) in [6.45, 7) is 1.53. The summed E-state index contributed by atoms with van der Waals surface area (Å²) in [7, 11) is 0. The van der Waals surface area contributed by atoms with Crippen LogP contribution in [0.2, 0.25) is 0 Å². The van der Waals surface area contributed by atoms with Crippen molar-refractivity contribution in [2.75, 3.05) is 13.1 Å². The molecular weight excluding hydrogens is 431 g/mol. The highest BCUT2D eigenvalue weighted by Gasteiger charge is 2.43. The smallest absolute Gasteiger partial charge is 0.188 e. The van der Waals surface area contributed by atoms with E-state index in [0.29, 0.717) is 5.96 Å². The Hall–Kier alpha value is -1.28. The molecule has 1 aliphatic carbocycles. The Morgan fingerprint density at radius 3 is 2.58 bits per heavy atom. The molecule has 3 N–H and O–H groups in total. The first-order chi connectivity index (χ1) is 11.3. The van der Waals surface area contributed by atoms with Crippen molar-refractivity contribution >= 4 is 41.7 Å². The van der Waals surface area contributed by atoms with Gasteiger partial charge in [0.2, 0.25) is 0 Å². The fourth-order valence-corrected chi connectivity index (χ4v) is 3.55. The number of benzene rings is 1. The number of rotatable bonds is 7. The molecule has 0 bridgehead atoms. The molecule has 6 heteroatoms. The largest absolute Gasteiger partial charge is 0.370 e. The SMILES string of the molecule is I.NC(=NCC1(Sc2ccccc2)CC1)NCCc1ccccn1. The summed E-state index contributed by atoms with van der Waals surface area (Å²) in [6, 6.07) is 16.5. The summed E-state index contributed by atoms with van der Waals surface area (Å²) in [5.74, 6) is 0.529. The van der Waals surface area contributed by atoms with E-state index in [2.05, 4.69) is 39.6 Å². The quantitative estimate of drug-likeness (QED) is 0.382. The van der Waals surface area contributed by atoms with E-state index in [1.807, 2.05) is 42.2 Å². The Morgan fingerprint density at radius 2 is 1.92 bits per heavy atom. The van der Waals surface area contributed by atoms with Crippen molar-refractivity contribution in [3.8, 4) is 0 Å². The zero-order valence-electron chi connectivity index (χ0n) is 13.5. The van der Waals surface area contributed by atoms with Crippen molar-refractivity contribution < 1.29 is 0 Å². The number of halogens is 1. The molecule has 0 atom stereocenters. The van der Waals surface area contributed by atoms with Crippen LogP contribution in [0.1, 0.15) is 18.5 Å². The van der Waals surface area contributed by atoms with Crippen LogP contribution in [0, 0.1) is 0 Å². The number of hydrogen-bond acceptors (Lipinski definition) is 3. The minimum absolute atomic E-state index is 0. The summed E-state index contributed by atoms with van der Waals surface area (Å²) >= 11 is 1.92. The van der Waals surface area contributed by atoms with E-state index in [0.717, 1.165) is 25.2 Å². The van der Waals surface area contributed by atoms with Crippen molar-refractivity contribution in [2.45, 2.75) is 28.9 Å². The molecule has 0 saturated heterocycles. The third-order valence-electron chi connectivity index (χ3n) is 3.84. The molecule has 1 saturated carbocycles. The molecular formula is C18H23IN4S. The standard InChI is InChI=1S/C18H22N4S.HI/c19-17(21-13-9-15-6-4-5-12-20-15)22-14-18(10-11-18)23-16-7-2-1-3-8-16;/h1-8,12H,9-11,13-14H2,(H3,19,21,22);1H. The van der Waals surface area contributed by atoms with E-state index < -0.39 is 0 Å². The van der Waals surface area contributed by atoms with E-state index in [1.54, 1.807) is 0 Å². The van der Waals surface area contributed by atoms with Crippen LogP contribution in [-0.2, 0) is 6.42 Å². The lowest BCUT2D eigenvalue weighted by Crippen LogP contribution is -2.34. The summed E-state index contributed by atoms with van der Waals surface area (Å²) < 4.78 is 0.245. The monoisotopic (exact) mass is 454 g/mol. The predicted molar refractivity (Wildman–Crippen MR) is 112 cm³/mol. The van der Waals surface area contributed by atoms with Crippen molar-refractivity contribution in [2.24, 2.45) is 10.7 Å². The first-order valence-electron chi connectivity index (χ1n) is 7.94. The molecule has 1 fully saturated rings. The lowest BCUT2D eigenvalue weighted by atomic mass is 10.3. The Labute approximate surface area is 164 Å². The summed E-state index contributed by atoms with van der Waals surface area (Å²) in [6.07, 6.45) is 5.07. The average Bonchev–Trinajstić information content (AvgIpc) is 3.35. The second-order valence-electron chi connectivity index (χ2n) is 5.80. The van der Waals surface area contributed by atoms with Gasteiger partial charge in [0.25, 0.3) is 0 Å². The average molecular weight is 454 g/mol. The zero-order valence-corrected chi connectivity index (χ0v) is 16.7. The number of nitrogens with zero attached hydrogens (tertiary/aromatic N) is 2. The molecule has 128 valence electrons. The minimum atomic E-state index is 0. The maximum absolute atomic E-state index is 5.98. The van der Waals surface area contributed by atoms with Gasteiger partial charge in [0.15, 0.2) is 5.96 Å². The second-order valence-corrected chi connectivity index (χ2v) is 7.34. The summed E-state index contributed by atoms with van der Waals surface area (Å²) in [5.41, 5.74) is 7.04. The molecule has 1 aliphatic rings. The second kappa shape index (κ2) is 9.27. The van der Waals surface area contributed by atoms with Gasteiger partial charge in [-0.25, -0.2) is 0 Å². The van der Waals surface area contributed by atoms with Crippen LogP contribution in [0.5, 0.6) is 0 Å². The highest BCUT2D eigenvalue weighted by atomic mass is 127. The minimum Gasteiger partial charge on any atom is -0.370 e. The fraction of sp³-hybridized carbons (Fsp3) is 0.333. The number of thioether (sulfide) groups is 1. The van der Waals surface area contributed by atoms with Crippen LogP contribution < -0.4 is 11.1 Å². The summed E-state index contributed by atoms with van der Waals surface area (Å²) in [5, 5.41) is 3.17. The molecule has 0 aliphatic heterocycles. The van der Waals surface area contributed by atoms with E-state index in [-0.39, 0.29) is 28.7 Å². The Balaban J connectivity index is 0.00000208. The van der Waals surface area contributed by atoms with Gasteiger partial charge in [-0.15, -0.1) is 35.7 Å². The van der Waals surface area contributed by atoms with E-state index in [1.165, 1.54) is 17.7 Å². The highest BCUT2D eigenvalue weighted by Crippen LogP contribution is 2.51. The Bertz CT molecular complexity index is 645. The number of aromatic nitrogens is 1. The molecule has 0 unspecified atom stereocenters. The van der Waals surface area contributed by atoms with Gasteiger partial charge in [-0.1, -0.05) is 24.3 Å². The first kappa shape index (κ1) is 19.1. The topological polar surface area (TPSA) is 63.3 Å². The van der Waals surface area contributed by atoms with Crippen molar-refractivity contribution in [1.29, 1.82) is 0 Å². The maximum Gasteiger partial charge on any atom is 0.188 e.